The number of imidazole rings is 1. The van der Waals surface area contributed by atoms with Gasteiger partial charge in [0.2, 0.25) is 5.91 Å². The number of aromatic hydroxyl groups is 2. The number of benzene rings is 1. The zero-order valence-corrected chi connectivity index (χ0v) is 17.7. The molecule has 1 atom stereocenters. The topological polar surface area (TPSA) is 123 Å². The molecule has 2 N–H and O–H groups in total. The van der Waals surface area contributed by atoms with Gasteiger partial charge in [0.05, 0.1) is 18.2 Å². The van der Waals surface area contributed by atoms with Crippen molar-refractivity contribution in [3.8, 4) is 11.5 Å². The molecule has 1 amide bonds. The van der Waals surface area contributed by atoms with Gasteiger partial charge in [0.25, 0.3) is 5.56 Å². The number of aryl methyl sites for hydroxylation is 1. The molecule has 1 aliphatic rings. The lowest BCUT2D eigenvalue weighted by Crippen LogP contribution is -2.39. The Morgan fingerprint density at radius 3 is 2.74 bits per heavy atom. The van der Waals surface area contributed by atoms with Crippen LogP contribution in [0.4, 0.5) is 0 Å². The first-order valence-corrected chi connectivity index (χ1v) is 10.6. The first-order chi connectivity index (χ1) is 14.8. The van der Waals surface area contributed by atoms with E-state index in [4.69, 9.17) is 0 Å². The zero-order valence-electron chi connectivity index (χ0n) is 16.9. The van der Waals surface area contributed by atoms with Crippen molar-refractivity contribution in [2.75, 3.05) is 12.3 Å². The molecule has 1 saturated heterocycles. The number of phenolic OH excluding ortho intramolecular Hbond substituents is 2. The minimum absolute atomic E-state index is 0.202. The summed E-state index contributed by atoms with van der Waals surface area (Å²) in [5.74, 6) is 0.0723. The van der Waals surface area contributed by atoms with Crippen molar-refractivity contribution in [3.05, 3.63) is 57.0 Å². The molecule has 0 bridgehead atoms. The van der Waals surface area contributed by atoms with Crippen molar-refractivity contribution in [3.63, 3.8) is 0 Å². The number of fused-ring (bicyclic) bond motifs is 1. The van der Waals surface area contributed by atoms with Gasteiger partial charge in [-0.2, -0.15) is 0 Å². The predicted molar refractivity (Wildman–Crippen MR) is 117 cm³/mol. The molecule has 4 rings (SSSR count). The van der Waals surface area contributed by atoms with Gasteiger partial charge in [0, 0.05) is 32.5 Å². The second-order valence-corrected chi connectivity index (χ2v) is 8.50. The lowest BCUT2D eigenvalue weighted by molar-refractivity contribution is -0.126. The van der Waals surface area contributed by atoms with Gasteiger partial charge < -0.3 is 19.7 Å². The highest BCUT2D eigenvalue weighted by molar-refractivity contribution is 8.00. The molecule has 0 aliphatic carbocycles. The molecule has 3 aromatic rings. The largest absolute Gasteiger partial charge is 0.504 e. The molecule has 1 unspecified atom stereocenters. The highest BCUT2D eigenvalue weighted by Gasteiger charge is 2.29. The maximum absolute atomic E-state index is 12.8. The van der Waals surface area contributed by atoms with E-state index in [1.165, 1.54) is 36.2 Å². The molecule has 10 nitrogen and oxygen atoms in total. The number of hydrogen-bond donors (Lipinski definition) is 2. The summed E-state index contributed by atoms with van der Waals surface area (Å²) in [7, 11) is 2.99. The first kappa shape index (κ1) is 20.8. The fourth-order valence-corrected chi connectivity index (χ4v) is 4.76. The molecule has 2 aromatic heterocycles. The van der Waals surface area contributed by atoms with E-state index in [0.717, 1.165) is 10.3 Å². The summed E-state index contributed by atoms with van der Waals surface area (Å²) in [4.78, 5) is 43.4. The monoisotopic (exact) mass is 443 g/mol. The lowest BCUT2D eigenvalue weighted by atomic mass is 10.2. The van der Waals surface area contributed by atoms with Crippen LogP contribution in [0.15, 0.2) is 40.2 Å². The molecule has 3 heterocycles. The van der Waals surface area contributed by atoms with Gasteiger partial charge in [0.1, 0.15) is 0 Å². The third-order valence-corrected chi connectivity index (χ3v) is 6.47. The highest BCUT2D eigenvalue weighted by atomic mass is 32.2. The standard InChI is InChI=1S/C20H21N5O5S/c1-22-18-17(19(29)23(2)20(22)30)24(11-21-18)10-16-25(7-8-31-16)15(28)6-4-12-3-5-13(26)14(27)9-12/h3-6,9,11,16,26-27H,7-8,10H2,1-2H3. The molecule has 11 heteroatoms. The lowest BCUT2D eigenvalue weighted by Gasteiger charge is -2.23. The molecule has 1 fully saturated rings. The van der Waals surface area contributed by atoms with Gasteiger partial charge in [-0.15, -0.1) is 11.8 Å². The van der Waals surface area contributed by atoms with E-state index in [2.05, 4.69) is 4.98 Å². The molecule has 1 aromatic carbocycles. The van der Waals surface area contributed by atoms with Crippen molar-refractivity contribution < 1.29 is 15.0 Å². The minimum Gasteiger partial charge on any atom is -0.504 e. The summed E-state index contributed by atoms with van der Waals surface area (Å²) in [6, 6.07) is 4.31. The molecule has 162 valence electrons. The molecule has 0 saturated carbocycles. The van der Waals surface area contributed by atoms with E-state index in [1.807, 2.05) is 0 Å². The van der Waals surface area contributed by atoms with Gasteiger partial charge in [-0.05, 0) is 23.8 Å². The van der Waals surface area contributed by atoms with E-state index < -0.39 is 11.2 Å². The smallest absolute Gasteiger partial charge is 0.332 e. The van der Waals surface area contributed by atoms with Gasteiger partial charge >= 0.3 is 5.69 Å². The number of amides is 1. The Morgan fingerprint density at radius 2 is 2.00 bits per heavy atom. The third kappa shape index (κ3) is 3.72. The second kappa shape index (κ2) is 7.99. The van der Waals surface area contributed by atoms with Crippen LogP contribution in [0.5, 0.6) is 11.5 Å². The van der Waals surface area contributed by atoms with E-state index in [0.29, 0.717) is 29.8 Å². The van der Waals surface area contributed by atoms with E-state index >= 15 is 0 Å². The number of hydrogen-bond acceptors (Lipinski definition) is 7. The summed E-state index contributed by atoms with van der Waals surface area (Å²) < 4.78 is 4.05. The summed E-state index contributed by atoms with van der Waals surface area (Å²) in [5, 5.41) is 18.8. The fraction of sp³-hybridized carbons (Fsp3) is 0.300. The molecule has 0 spiro atoms. The van der Waals surface area contributed by atoms with Crippen LogP contribution in [0.1, 0.15) is 5.56 Å². The Balaban J connectivity index is 1.57. The Kier molecular flexibility index (Phi) is 5.36. The number of thioether (sulfide) groups is 1. The zero-order chi connectivity index (χ0) is 22.3. The van der Waals surface area contributed by atoms with Crippen LogP contribution in [0, 0.1) is 0 Å². The van der Waals surface area contributed by atoms with Crippen LogP contribution in [-0.4, -0.2) is 57.4 Å². The highest BCUT2D eigenvalue weighted by Crippen LogP contribution is 2.27. The molecular formula is C20H21N5O5S. The van der Waals surface area contributed by atoms with Crippen LogP contribution in [0.2, 0.25) is 0 Å². The summed E-state index contributed by atoms with van der Waals surface area (Å²) in [6.45, 7) is 0.913. The van der Waals surface area contributed by atoms with Gasteiger partial charge in [-0.1, -0.05) is 6.07 Å². The third-order valence-electron chi connectivity index (χ3n) is 5.26. The first-order valence-electron chi connectivity index (χ1n) is 9.51. The summed E-state index contributed by atoms with van der Waals surface area (Å²) in [5.41, 5.74) is 0.335. The van der Waals surface area contributed by atoms with E-state index in [9.17, 15) is 24.6 Å². The van der Waals surface area contributed by atoms with Gasteiger partial charge in [0.15, 0.2) is 22.7 Å². The average molecular weight is 443 g/mol. The summed E-state index contributed by atoms with van der Waals surface area (Å²) in [6.07, 6.45) is 4.50. The molecule has 0 radical (unpaired) electrons. The van der Waals surface area contributed by atoms with Crippen molar-refractivity contribution in [1.82, 2.24) is 23.6 Å². The Morgan fingerprint density at radius 1 is 1.23 bits per heavy atom. The summed E-state index contributed by atoms with van der Waals surface area (Å²) >= 11 is 1.60. The van der Waals surface area contributed by atoms with Gasteiger partial charge in [-0.25, -0.2) is 9.78 Å². The van der Waals surface area contributed by atoms with Crippen molar-refractivity contribution >= 4 is 34.9 Å². The average Bonchev–Trinajstić information content (AvgIpc) is 3.39. The molecule has 1 aliphatic heterocycles. The Bertz CT molecular complexity index is 1320. The number of rotatable bonds is 4. The SMILES string of the molecule is Cn1c(=O)c2c(ncn2CC2SCCN2C(=O)C=Cc2ccc(O)c(O)c2)n(C)c1=O. The normalized spacial score (nSPS) is 16.6. The van der Waals surface area contributed by atoms with Crippen LogP contribution in [0.25, 0.3) is 17.2 Å². The number of phenols is 2. The molecular weight excluding hydrogens is 422 g/mol. The number of nitrogens with zero attached hydrogens (tertiary/aromatic N) is 5. The second-order valence-electron chi connectivity index (χ2n) is 7.21. The van der Waals surface area contributed by atoms with Crippen molar-refractivity contribution in [2.45, 2.75) is 11.9 Å². The number of aromatic nitrogens is 4. The number of carbonyl (C=O) groups is 1. The fourth-order valence-electron chi connectivity index (χ4n) is 3.54. The van der Waals surface area contributed by atoms with Crippen LogP contribution < -0.4 is 11.2 Å². The predicted octanol–water partition coefficient (Wildman–Crippen LogP) is 0.460. The van der Waals surface area contributed by atoms with Crippen LogP contribution in [0.3, 0.4) is 0 Å². The van der Waals surface area contributed by atoms with Crippen LogP contribution >= 0.6 is 11.8 Å². The van der Waals surface area contributed by atoms with Crippen molar-refractivity contribution in [1.29, 1.82) is 0 Å². The molecule has 31 heavy (non-hydrogen) atoms. The maximum atomic E-state index is 12.8. The van der Waals surface area contributed by atoms with Gasteiger partial charge in [-0.3, -0.25) is 18.7 Å². The van der Waals surface area contributed by atoms with Crippen LogP contribution in [-0.2, 0) is 25.4 Å². The number of carbonyl (C=O) groups excluding carboxylic acids is 1. The van der Waals surface area contributed by atoms with E-state index in [-0.39, 0.29) is 22.8 Å². The maximum Gasteiger partial charge on any atom is 0.332 e. The minimum atomic E-state index is -0.444. The van der Waals surface area contributed by atoms with E-state index in [1.54, 1.807) is 40.4 Å². The quantitative estimate of drug-likeness (QED) is 0.444. The Labute approximate surface area is 180 Å². The van der Waals surface area contributed by atoms with Crippen molar-refractivity contribution in [2.24, 2.45) is 14.1 Å². The Hall–Kier alpha value is -3.47.